The van der Waals surface area contributed by atoms with Gasteiger partial charge in [0.05, 0.1) is 13.7 Å². The zero-order valence-corrected chi connectivity index (χ0v) is 8.76. The van der Waals surface area contributed by atoms with Crippen LogP contribution in [0.5, 0.6) is 0 Å². The van der Waals surface area contributed by atoms with E-state index in [2.05, 4.69) is 4.74 Å². The molecule has 6 nitrogen and oxygen atoms in total. The number of amides is 2. The van der Waals surface area contributed by atoms with E-state index < -0.39 is 11.8 Å². The van der Waals surface area contributed by atoms with E-state index >= 15 is 0 Å². The maximum atomic E-state index is 11.3. The molecular formula is C10H11NO5. The molecule has 0 saturated carbocycles. The van der Waals surface area contributed by atoms with Gasteiger partial charge in [0, 0.05) is 18.9 Å². The van der Waals surface area contributed by atoms with Crippen LogP contribution in [-0.2, 0) is 23.9 Å². The molecule has 1 saturated heterocycles. The highest BCUT2D eigenvalue weighted by Crippen LogP contribution is 2.10. The van der Waals surface area contributed by atoms with Crippen molar-refractivity contribution in [2.75, 3.05) is 13.7 Å². The Morgan fingerprint density at radius 2 is 1.81 bits per heavy atom. The number of likely N-dealkylation sites (tertiary alicyclic amines) is 1. The zero-order chi connectivity index (χ0) is 12.1. The lowest BCUT2D eigenvalue weighted by Crippen LogP contribution is -2.33. The zero-order valence-electron chi connectivity index (χ0n) is 8.76. The number of ether oxygens (including phenoxy) is 1. The predicted molar refractivity (Wildman–Crippen MR) is 52.1 cm³/mol. The largest absolute Gasteiger partial charge is 0.466 e. The number of methoxy groups -OCH3 is 1. The van der Waals surface area contributed by atoms with E-state index in [1.165, 1.54) is 7.11 Å². The van der Waals surface area contributed by atoms with Gasteiger partial charge in [-0.05, 0) is 6.08 Å². The molecule has 86 valence electrons. The minimum Gasteiger partial charge on any atom is -0.466 e. The van der Waals surface area contributed by atoms with Crippen LogP contribution in [0.1, 0.15) is 12.8 Å². The van der Waals surface area contributed by atoms with E-state index in [0.717, 1.165) is 17.1 Å². The van der Waals surface area contributed by atoms with Crippen LogP contribution in [0.3, 0.4) is 0 Å². The van der Waals surface area contributed by atoms with Crippen LogP contribution in [0.25, 0.3) is 0 Å². The number of imide groups is 1. The lowest BCUT2D eigenvalue weighted by molar-refractivity contribution is -0.141. The van der Waals surface area contributed by atoms with Crippen molar-refractivity contribution in [3.05, 3.63) is 12.2 Å². The lowest BCUT2D eigenvalue weighted by atomic mass is 10.3. The van der Waals surface area contributed by atoms with Gasteiger partial charge in [-0.25, -0.2) is 4.79 Å². The van der Waals surface area contributed by atoms with Gasteiger partial charge in [0.1, 0.15) is 0 Å². The second-order valence-corrected chi connectivity index (χ2v) is 3.20. The summed E-state index contributed by atoms with van der Waals surface area (Å²) in [5, 5.41) is 0. The average molecular weight is 225 g/mol. The van der Waals surface area contributed by atoms with E-state index in [1.54, 1.807) is 0 Å². The van der Waals surface area contributed by atoms with Crippen LogP contribution in [0.15, 0.2) is 12.2 Å². The molecule has 1 aliphatic rings. The second kappa shape index (κ2) is 5.20. The molecule has 0 unspecified atom stereocenters. The maximum Gasteiger partial charge on any atom is 0.330 e. The van der Waals surface area contributed by atoms with Gasteiger partial charge in [-0.15, -0.1) is 0 Å². The molecule has 6 heteroatoms. The number of rotatable bonds is 4. The molecule has 0 bridgehead atoms. The summed E-state index contributed by atoms with van der Waals surface area (Å²) in [5.41, 5.74) is 0. The topological polar surface area (TPSA) is 80.8 Å². The highest BCUT2D eigenvalue weighted by Gasteiger charge is 2.29. The summed E-state index contributed by atoms with van der Waals surface area (Å²) in [6, 6.07) is 0. The number of ketones is 1. The summed E-state index contributed by atoms with van der Waals surface area (Å²) < 4.78 is 4.29. The number of esters is 1. The van der Waals surface area contributed by atoms with Crippen molar-refractivity contribution in [3.63, 3.8) is 0 Å². The van der Waals surface area contributed by atoms with Crippen molar-refractivity contribution >= 4 is 23.6 Å². The lowest BCUT2D eigenvalue weighted by Gasteiger charge is -2.10. The van der Waals surface area contributed by atoms with Crippen LogP contribution >= 0.6 is 0 Å². The number of nitrogens with zero attached hydrogens (tertiary/aromatic N) is 1. The summed E-state index contributed by atoms with van der Waals surface area (Å²) in [6.45, 7) is -0.314. The molecule has 0 aliphatic carbocycles. The first-order chi connectivity index (χ1) is 7.54. The molecule has 16 heavy (non-hydrogen) atoms. The Balaban J connectivity index is 2.51. The quantitative estimate of drug-likeness (QED) is 0.363. The molecular weight excluding hydrogens is 214 g/mol. The summed E-state index contributed by atoms with van der Waals surface area (Å²) >= 11 is 0. The molecule has 1 heterocycles. The third-order valence-electron chi connectivity index (χ3n) is 2.08. The minimum absolute atomic E-state index is 0.146. The van der Waals surface area contributed by atoms with Crippen molar-refractivity contribution in [1.29, 1.82) is 0 Å². The van der Waals surface area contributed by atoms with E-state index in [4.69, 9.17) is 0 Å². The normalized spacial score (nSPS) is 15.9. The standard InChI is InChI=1S/C10H11NO5/c1-16-10(15)5-2-7(12)6-11-8(13)3-4-9(11)14/h2,5H,3-4,6H2,1H3/b5-2+. The molecule has 1 fully saturated rings. The fraction of sp³-hybridized carbons (Fsp3) is 0.400. The third-order valence-corrected chi connectivity index (χ3v) is 2.08. The van der Waals surface area contributed by atoms with Gasteiger partial charge in [-0.3, -0.25) is 19.3 Å². The first-order valence-corrected chi connectivity index (χ1v) is 4.66. The predicted octanol–water partition coefficient (Wildman–Crippen LogP) is -0.566. The molecule has 0 aromatic carbocycles. The highest BCUT2D eigenvalue weighted by atomic mass is 16.5. The third kappa shape index (κ3) is 3.01. The van der Waals surface area contributed by atoms with Gasteiger partial charge in [-0.2, -0.15) is 0 Å². The molecule has 1 aliphatic heterocycles. The van der Waals surface area contributed by atoms with E-state index in [9.17, 15) is 19.2 Å². The summed E-state index contributed by atoms with van der Waals surface area (Å²) in [7, 11) is 1.19. The summed E-state index contributed by atoms with van der Waals surface area (Å²) in [5.74, 6) is -1.86. The number of hydrogen-bond acceptors (Lipinski definition) is 5. The monoisotopic (exact) mass is 225 g/mol. The molecule has 2 amide bonds. The number of carbonyl (C=O) groups is 4. The Labute approximate surface area is 91.8 Å². The van der Waals surface area contributed by atoms with Crippen molar-refractivity contribution in [3.8, 4) is 0 Å². The molecule has 0 aromatic rings. The van der Waals surface area contributed by atoms with Gasteiger partial charge < -0.3 is 4.74 Å². The Bertz CT molecular complexity index is 355. The van der Waals surface area contributed by atoms with Crippen LogP contribution in [0, 0.1) is 0 Å². The van der Waals surface area contributed by atoms with Gasteiger partial charge in [0.15, 0.2) is 5.78 Å². The van der Waals surface area contributed by atoms with Crippen molar-refractivity contribution in [2.24, 2.45) is 0 Å². The van der Waals surface area contributed by atoms with E-state index in [-0.39, 0.29) is 31.2 Å². The van der Waals surface area contributed by atoms with Crippen LogP contribution in [0.4, 0.5) is 0 Å². The van der Waals surface area contributed by atoms with Gasteiger partial charge in [0.2, 0.25) is 11.8 Å². The van der Waals surface area contributed by atoms with Crippen molar-refractivity contribution in [2.45, 2.75) is 12.8 Å². The molecule has 0 N–H and O–H groups in total. The maximum absolute atomic E-state index is 11.3. The minimum atomic E-state index is -0.660. The fourth-order valence-corrected chi connectivity index (χ4v) is 1.24. The average Bonchev–Trinajstić information content (AvgIpc) is 2.57. The van der Waals surface area contributed by atoms with Crippen LogP contribution in [-0.4, -0.2) is 42.1 Å². The number of hydrogen-bond donors (Lipinski definition) is 0. The molecule has 0 spiro atoms. The molecule has 0 aromatic heterocycles. The summed E-state index contributed by atoms with van der Waals surface area (Å²) in [4.78, 5) is 45.1. The van der Waals surface area contributed by atoms with Crippen molar-refractivity contribution in [1.82, 2.24) is 4.90 Å². The highest BCUT2D eigenvalue weighted by molar-refractivity contribution is 6.07. The Kier molecular flexibility index (Phi) is 3.93. The Morgan fingerprint density at radius 3 is 2.31 bits per heavy atom. The summed E-state index contributed by atoms with van der Waals surface area (Å²) in [6.07, 6.45) is 2.23. The van der Waals surface area contributed by atoms with Gasteiger partial charge in [0.25, 0.3) is 0 Å². The van der Waals surface area contributed by atoms with E-state index in [1.807, 2.05) is 0 Å². The smallest absolute Gasteiger partial charge is 0.330 e. The second-order valence-electron chi connectivity index (χ2n) is 3.20. The molecule has 0 atom stereocenters. The SMILES string of the molecule is COC(=O)/C=C/C(=O)CN1C(=O)CCC1=O. The van der Waals surface area contributed by atoms with Crippen molar-refractivity contribution < 1.29 is 23.9 Å². The van der Waals surface area contributed by atoms with Crippen LogP contribution < -0.4 is 0 Å². The van der Waals surface area contributed by atoms with E-state index in [0.29, 0.717) is 0 Å². The molecule has 1 rings (SSSR count). The first-order valence-electron chi connectivity index (χ1n) is 4.66. The fourth-order valence-electron chi connectivity index (χ4n) is 1.24. The first kappa shape index (κ1) is 12.1. The Hall–Kier alpha value is -1.98. The Morgan fingerprint density at radius 1 is 1.25 bits per heavy atom. The van der Waals surface area contributed by atoms with Crippen LogP contribution in [0.2, 0.25) is 0 Å². The number of carbonyl (C=O) groups excluding carboxylic acids is 4. The molecule has 0 radical (unpaired) electrons. The van der Waals surface area contributed by atoms with Gasteiger partial charge >= 0.3 is 5.97 Å². The van der Waals surface area contributed by atoms with Gasteiger partial charge in [-0.1, -0.05) is 0 Å².